The molecule has 4 aliphatic rings. The number of aliphatic hydroxyl groups is 2. The average molecular weight is 513 g/mol. The van der Waals surface area contributed by atoms with Crippen LogP contribution in [0.1, 0.15) is 95.8 Å². The molecule has 3 unspecified atom stereocenters. The van der Waals surface area contributed by atoms with Crippen molar-refractivity contribution in [2.24, 2.45) is 52.3 Å². The third-order valence-electron chi connectivity index (χ3n) is 12.1. The van der Waals surface area contributed by atoms with E-state index in [2.05, 4.69) is 27.7 Å². The van der Waals surface area contributed by atoms with Crippen LogP contribution in [-0.4, -0.2) is 40.1 Å². The molecule has 11 atom stereocenters. The molecule has 0 heterocycles. The van der Waals surface area contributed by atoms with Crippen LogP contribution in [0.3, 0.4) is 0 Å². The lowest BCUT2D eigenvalue weighted by molar-refractivity contribution is -0.203. The number of aliphatic hydroxyl groups excluding tert-OH is 2. The Morgan fingerprint density at radius 3 is 2.46 bits per heavy atom. The Balaban J connectivity index is 1.30. The number of para-hydroxylation sites is 1. The predicted molar refractivity (Wildman–Crippen MR) is 144 cm³/mol. The summed E-state index contributed by atoms with van der Waals surface area (Å²) in [6.45, 7) is 10.1. The number of fused-ring (bicyclic) bond motifs is 5. The fraction of sp³-hybridized carbons (Fsp3) is 0.781. The van der Waals surface area contributed by atoms with Crippen molar-refractivity contribution in [2.45, 2.75) is 97.7 Å². The number of hydrogen-bond donors (Lipinski definition) is 3. The maximum absolute atomic E-state index is 11.9. The second-order valence-electron chi connectivity index (χ2n) is 13.5. The van der Waals surface area contributed by atoms with Crippen molar-refractivity contribution < 1.29 is 24.9 Å². The van der Waals surface area contributed by atoms with E-state index in [0.717, 1.165) is 32.1 Å². The summed E-state index contributed by atoms with van der Waals surface area (Å²) in [5, 5.41) is 31.8. The number of carboxylic acids is 1. The summed E-state index contributed by atoms with van der Waals surface area (Å²) in [5.74, 6) is 2.80. The van der Waals surface area contributed by atoms with Crippen LogP contribution in [0.15, 0.2) is 24.3 Å². The molecule has 0 saturated heterocycles. The molecule has 4 aliphatic carbocycles. The fourth-order valence-electron chi connectivity index (χ4n) is 10.3. The minimum absolute atomic E-state index is 0.203. The van der Waals surface area contributed by atoms with E-state index in [1.54, 1.807) is 18.2 Å². The lowest BCUT2D eigenvalue weighted by atomic mass is 9.41. The minimum Gasteiger partial charge on any atom is -0.493 e. The summed E-state index contributed by atoms with van der Waals surface area (Å²) < 4.78 is 5.97. The van der Waals surface area contributed by atoms with Crippen molar-refractivity contribution in [3.05, 3.63) is 29.8 Å². The Labute approximate surface area is 223 Å². The van der Waals surface area contributed by atoms with E-state index in [1.165, 1.54) is 25.7 Å². The third-order valence-corrected chi connectivity index (χ3v) is 12.1. The van der Waals surface area contributed by atoms with Gasteiger partial charge in [0.2, 0.25) is 0 Å². The van der Waals surface area contributed by atoms with Crippen LogP contribution in [0.25, 0.3) is 0 Å². The standard InChI is InChI=1S/C32H48O5/c1-5-21-26-18-20(33)12-15-32(26,4)25-13-16-31(3)23(10-11-24(31)28(25)29(21)34)19(2)14-17-37-27-9-7-6-8-22(27)30(35)36/h6-9,19-21,23-26,28-29,33-34H,5,10-18H2,1-4H3,(H,35,36)/t19-,20-,21-,23-,24?,25?,26?,28+,29-,31-,32-/m1/s1. The van der Waals surface area contributed by atoms with Gasteiger partial charge in [0.1, 0.15) is 11.3 Å². The quantitative estimate of drug-likeness (QED) is 0.393. The SMILES string of the molecule is CC[C@@H]1C2C[C@H](O)CC[C@]2(C)C2CC[C@@]3(C)C(CC[C@@H]3[C@H](C)CCOc3ccccc3C(=O)O)[C@@H]2[C@@H]1O. The number of carbonyl (C=O) groups is 1. The highest BCUT2D eigenvalue weighted by Gasteiger charge is 2.64. The number of carboxylic acid groups (broad SMARTS) is 1. The molecule has 5 nitrogen and oxygen atoms in total. The van der Waals surface area contributed by atoms with E-state index in [0.29, 0.717) is 53.8 Å². The summed E-state index contributed by atoms with van der Waals surface area (Å²) in [5.41, 5.74) is 0.691. The zero-order valence-corrected chi connectivity index (χ0v) is 23.2. The minimum atomic E-state index is -0.952. The van der Waals surface area contributed by atoms with Gasteiger partial charge in [-0.05, 0) is 116 Å². The van der Waals surface area contributed by atoms with E-state index < -0.39 is 5.97 Å². The zero-order chi connectivity index (χ0) is 26.5. The van der Waals surface area contributed by atoms with Crippen LogP contribution in [-0.2, 0) is 0 Å². The van der Waals surface area contributed by atoms with Crippen LogP contribution < -0.4 is 4.74 Å². The second-order valence-corrected chi connectivity index (χ2v) is 13.5. The summed E-state index contributed by atoms with van der Waals surface area (Å²) >= 11 is 0. The summed E-state index contributed by atoms with van der Waals surface area (Å²) in [6, 6.07) is 6.90. The monoisotopic (exact) mass is 512 g/mol. The highest BCUT2D eigenvalue weighted by atomic mass is 16.5. The van der Waals surface area contributed by atoms with Gasteiger partial charge in [0.25, 0.3) is 0 Å². The Morgan fingerprint density at radius 2 is 1.73 bits per heavy atom. The zero-order valence-electron chi connectivity index (χ0n) is 23.2. The van der Waals surface area contributed by atoms with E-state index >= 15 is 0 Å². The smallest absolute Gasteiger partial charge is 0.339 e. The van der Waals surface area contributed by atoms with Gasteiger partial charge in [0, 0.05) is 0 Å². The molecule has 4 saturated carbocycles. The van der Waals surface area contributed by atoms with Crippen molar-refractivity contribution in [1.82, 2.24) is 0 Å². The first kappa shape index (κ1) is 27.0. The molecule has 0 aromatic heterocycles. The highest BCUT2D eigenvalue weighted by Crippen LogP contribution is 2.69. The van der Waals surface area contributed by atoms with Crippen molar-refractivity contribution in [1.29, 1.82) is 0 Å². The van der Waals surface area contributed by atoms with Gasteiger partial charge in [0.15, 0.2) is 0 Å². The summed E-state index contributed by atoms with van der Waals surface area (Å²) in [4.78, 5) is 11.5. The van der Waals surface area contributed by atoms with Gasteiger partial charge in [-0.25, -0.2) is 4.79 Å². The largest absolute Gasteiger partial charge is 0.493 e. The van der Waals surface area contributed by atoms with E-state index in [1.807, 2.05) is 6.07 Å². The molecular weight excluding hydrogens is 464 g/mol. The van der Waals surface area contributed by atoms with E-state index in [4.69, 9.17) is 4.74 Å². The Morgan fingerprint density at radius 1 is 1.03 bits per heavy atom. The molecule has 37 heavy (non-hydrogen) atoms. The van der Waals surface area contributed by atoms with Gasteiger partial charge < -0.3 is 20.1 Å². The number of rotatable bonds is 7. The molecule has 1 aromatic rings. The molecular formula is C32H48O5. The van der Waals surface area contributed by atoms with E-state index in [9.17, 15) is 20.1 Å². The van der Waals surface area contributed by atoms with Gasteiger partial charge in [-0.2, -0.15) is 0 Å². The molecule has 1 aromatic carbocycles. The molecule has 0 spiro atoms. The first-order valence-electron chi connectivity index (χ1n) is 14.9. The van der Waals surface area contributed by atoms with Crippen LogP contribution >= 0.6 is 0 Å². The highest BCUT2D eigenvalue weighted by molar-refractivity contribution is 5.90. The lowest BCUT2D eigenvalue weighted by Gasteiger charge is -2.64. The topological polar surface area (TPSA) is 87.0 Å². The number of hydrogen-bond acceptors (Lipinski definition) is 4. The third kappa shape index (κ3) is 4.42. The molecule has 0 radical (unpaired) electrons. The Hall–Kier alpha value is -1.59. The normalized spacial score (nSPS) is 43.8. The van der Waals surface area contributed by atoms with Crippen molar-refractivity contribution in [3.8, 4) is 5.75 Å². The van der Waals surface area contributed by atoms with Crippen LogP contribution in [0.2, 0.25) is 0 Å². The first-order valence-corrected chi connectivity index (χ1v) is 14.9. The predicted octanol–water partition coefficient (Wildman–Crippen LogP) is 6.42. The van der Waals surface area contributed by atoms with Gasteiger partial charge in [-0.15, -0.1) is 0 Å². The lowest BCUT2D eigenvalue weighted by Crippen LogP contribution is -2.62. The van der Waals surface area contributed by atoms with Gasteiger partial charge >= 0.3 is 5.97 Å². The summed E-state index contributed by atoms with van der Waals surface area (Å²) in [6.07, 6.45) is 9.15. The van der Waals surface area contributed by atoms with Crippen molar-refractivity contribution >= 4 is 5.97 Å². The number of benzene rings is 1. The second kappa shape index (κ2) is 10.2. The van der Waals surface area contributed by atoms with Gasteiger partial charge in [-0.3, -0.25) is 0 Å². The van der Waals surface area contributed by atoms with Gasteiger partial charge in [0.05, 0.1) is 18.8 Å². The number of aromatic carboxylic acids is 1. The van der Waals surface area contributed by atoms with Gasteiger partial charge in [-0.1, -0.05) is 46.2 Å². The molecule has 5 rings (SSSR count). The molecule has 0 aliphatic heterocycles. The van der Waals surface area contributed by atoms with Crippen LogP contribution in [0, 0.1) is 52.3 Å². The maximum atomic E-state index is 11.9. The molecule has 3 N–H and O–H groups in total. The summed E-state index contributed by atoms with van der Waals surface area (Å²) in [7, 11) is 0. The maximum Gasteiger partial charge on any atom is 0.339 e. The Bertz CT molecular complexity index is 978. The van der Waals surface area contributed by atoms with Crippen molar-refractivity contribution in [3.63, 3.8) is 0 Å². The molecule has 206 valence electrons. The first-order chi connectivity index (χ1) is 17.6. The fourth-order valence-corrected chi connectivity index (χ4v) is 10.3. The van der Waals surface area contributed by atoms with Crippen LogP contribution in [0.4, 0.5) is 0 Å². The molecule has 0 bridgehead atoms. The van der Waals surface area contributed by atoms with Crippen LogP contribution in [0.5, 0.6) is 5.75 Å². The molecule has 0 amide bonds. The molecule has 4 fully saturated rings. The average Bonchev–Trinajstić information content (AvgIpc) is 3.22. The van der Waals surface area contributed by atoms with E-state index in [-0.39, 0.29) is 28.6 Å². The van der Waals surface area contributed by atoms with Crippen molar-refractivity contribution in [2.75, 3.05) is 6.61 Å². The molecule has 5 heteroatoms. The number of ether oxygens (including phenoxy) is 1. The Kier molecular flexibility index (Phi) is 7.43.